The largest absolute Gasteiger partial charge is 0.376 e. The van der Waals surface area contributed by atoms with Crippen molar-refractivity contribution >= 4 is 34.0 Å². The van der Waals surface area contributed by atoms with E-state index in [1.807, 2.05) is 17.5 Å². The maximum atomic E-state index is 12.6. The molecule has 3 N–H and O–H groups in total. The van der Waals surface area contributed by atoms with Crippen LogP contribution in [-0.2, 0) is 10.4 Å². The fourth-order valence-corrected chi connectivity index (χ4v) is 3.26. The van der Waals surface area contributed by atoms with Crippen LogP contribution in [0.15, 0.2) is 60.1 Å². The highest BCUT2D eigenvalue weighted by Gasteiger charge is 2.32. The Hall–Kier alpha value is -3.03. The van der Waals surface area contributed by atoms with Crippen molar-refractivity contribution in [2.75, 3.05) is 5.32 Å². The molecular weight excluding hydrogens is 348 g/mol. The van der Waals surface area contributed by atoms with Crippen LogP contribution in [-0.4, -0.2) is 26.0 Å². The fourth-order valence-electron chi connectivity index (χ4n) is 2.68. The summed E-state index contributed by atoms with van der Waals surface area (Å²) in [5.74, 6) is 0.192. The molecule has 0 saturated carbocycles. The van der Waals surface area contributed by atoms with E-state index in [4.69, 9.17) is 0 Å². The number of nitrogens with one attached hydrogen (secondary N) is 2. The van der Waals surface area contributed by atoms with Gasteiger partial charge >= 0.3 is 0 Å². The van der Waals surface area contributed by atoms with Crippen LogP contribution in [0.1, 0.15) is 12.5 Å². The van der Waals surface area contributed by atoms with Crippen LogP contribution >= 0.6 is 11.3 Å². The lowest BCUT2D eigenvalue weighted by atomic mass is 9.95. The predicted octanol–water partition coefficient (Wildman–Crippen LogP) is 3.53. The molecule has 2 aromatic heterocycles. The van der Waals surface area contributed by atoms with Gasteiger partial charge in [-0.15, -0.1) is 11.3 Å². The maximum Gasteiger partial charge on any atom is 0.260 e. The molecule has 4 aromatic rings. The predicted molar refractivity (Wildman–Crippen MR) is 102 cm³/mol. The van der Waals surface area contributed by atoms with Crippen molar-refractivity contribution in [1.29, 1.82) is 0 Å². The second-order valence-corrected chi connectivity index (χ2v) is 6.94. The number of nitrogens with zero attached hydrogens (tertiary/aromatic N) is 2. The zero-order valence-corrected chi connectivity index (χ0v) is 14.7. The summed E-state index contributed by atoms with van der Waals surface area (Å²) in [6.45, 7) is 1.48. The van der Waals surface area contributed by atoms with E-state index in [0.717, 1.165) is 16.0 Å². The highest BCUT2D eigenvalue weighted by molar-refractivity contribution is 7.13. The number of imidazole rings is 1. The molecule has 0 unspecified atom stereocenters. The molecule has 6 nitrogen and oxygen atoms in total. The van der Waals surface area contributed by atoms with Crippen LogP contribution in [0, 0.1) is 0 Å². The maximum absolute atomic E-state index is 12.6. The smallest absolute Gasteiger partial charge is 0.260 e. The first-order valence-electron chi connectivity index (χ1n) is 8.03. The number of amides is 1. The highest BCUT2D eigenvalue weighted by Crippen LogP contribution is 2.26. The van der Waals surface area contributed by atoms with Crippen molar-refractivity contribution < 1.29 is 9.90 Å². The Morgan fingerprint density at radius 3 is 2.77 bits per heavy atom. The number of hydrogen-bond donors (Lipinski definition) is 3. The lowest BCUT2D eigenvalue weighted by Gasteiger charge is -2.22. The zero-order valence-electron chi connectivity index (χ0n) is 13.9. The van der Waals surface area contributed by atoms with Gasteiger partial charge in [0.15, 0.2) is 16.4 Å². The monoisotopic (exact) mass is 364 g/mol. The van der Waals surface area contributed by atoms with Crippen molar-refractivity contribution in [3.05, 3.63) is 65.7 Å². The van der Waals surface area contributed by atoms with E-state index >= 15 is 0 Å². The number of carbonyl (C=O) groups is 1. The first-order valence-corrected chi connectivity index (χ1v) is 8.91. The molecule has 1 atom stereocenters. The number of aromatic nitrogens is 3. The van der Waals surface area contributed by atoms with Gasteiger partial charge in [0.1, 0.15) is 0 Å². The van der Waals surface area contributed by atoms with E-state index < -0.39 is 11.5 Å². The van der Waals surface area contributed by atoms with Crippen LogP contribution in [0.2, 0.25) is 0 Å². The Kier molecular flexibility index (Phi) is 4.02. The zero-order chi connectivity index (χ0) is 18.1. The topological polar surface area (TPSA) is 90.9 Å². The Morgan fingerprint density at radius 1 is 1.23 bits per heavy atom. The quantitative estimate of drug-likeness (QED) is 0.517. The summed E-state index contributed by atoms with van der Waals surface area (Å²) >= 11 is 1.50. The Balaban J connectivity index is 1.60. The minimum atomic E-state index is -1.63. The van der Waals surface area contributed by atoms with Gasteiger partial charge in [-0.1, -0.05) is 30.3 Å². The number of hydrogen-bond acceptors (Lipinski definition) is 5. The second-order valence-electron chi connectivity index (χ2n) is 6.05. The first-order chi connectivity index (χ1) is 12.5. The number of aromatic amines is 1. The van der Waals surface area contributed by atoms with Crippen molar-refractivity contribution in [1.82, 2.24) is 15.0 Å². The molecule has 0 bridgehead atoms. The first kappa shape index (κ1) is 16.4. The van der Waals surface area contributed by atoms with Crippen LogP contribution in [0.3, 0.4) is 0 Å². The molecule has 0 aliphatic rings. The van der Waals surface area contributed by atoms with Gasteiger partial charge in [0, 0.05) is 17.3 Å². The van der Waals surface area contributed by atoms with E-state index in [-0.39, 0.29) is 0 Å². The summed E-state index contributed by atoms with van der Waals surface area (Å²) in [5.41, 5.74) is 1.05. The van der Waals surface area contributed by atoms with Crippen LogP contribution < -0.4 is 5.32 Å². The minimum absolute atomic E-state index is 0.497. The van der Waals surface area contributed by atoms with Crippen molar-refractivity contribution in [3.8, 4) is 10.8 Å². The Bertz CT molecular complexity index is 1060. The van der Waals surface area contributed by atoms with Crippen molar-refractivity contribution in [2.45, 2.75) is 12.5 Å². The molecule has 0 spiro atoms. The summed E-state index contributed by atoms with van der Waals surface area (Å²) in [6, 6.07) is 14.2. The number of carbonyl (C=O) groups excluding carboxylic acids is 1. The molecule has 0 saturated heterocycles. The minimum Gasteiger partial charge on any atom is -0.376 e. The van der Waals surface area contributed by atoms with Crippen LogP contribution in [0.25, 0.3) is 21.9 Å². The molecule has 0 radical (unpaired) electrons. The number of anilines is 1. The summed E-state index contributed by atoms with van der Waals surface area (Å²) in [5, 5.41) is 16.1. The molecule has 1 amide bonds. The van der Waals surface area contributed by atoms with E-state index in [0.29, 0.717) is 17.1 Å². The molecule has 0 fully saturated rings. The number of rotatable bonds is 4. The molecule has 26 heavy (non-hydrogen) atoms. The van der Waals surface area contributed by atoms with Gasteiger partial charge in [-0.05, 0) is 30.7 Å². The SMILES string of the molecule is C[C@@](O)(C(=O)Nc1ccc2nc(-c3nccs3)[nH]c2c1)c1ccccc1. The molecular formula is C19H16N4O2S. The van der Waals surface area contributed by atoms with Crippen molar-refractivity contribution in [2.24, 2.45) is 0 Å². The molecule has 0 aliphatic heterocycles. The number of fused-ring (bicyclic) bond motifs is 1. The molecule has 130 valence electrons. The van der Waals surface area contributed by atoms with Gasteiger partial charge < -0.3 is 15.4 Å². The third-order valence-electron chi connectivity index (χ3n) is 4.15. The Labute approximate surface area is 153 Å². The molecule has 2 aromatic carbocycles. The lowest BCUT2D eigenvalue weighted by Crippen LogP contribution is -2.37. The Morgan fingerprint density at radius 2 is 2.04 bits per heavy atom. The van der Waals surface area contributed by atoms with Crippen molar-refractivity contribution in [3.63, 3.8) is 0 Å². The number of aliphatic hydroxyl groups is 1. The fraction of sp³-hybridized carbons (Fsp3) is 0.105. The second kappa shape index (κ2) is 6.36. The summed E-state index contributed by atoms with van der Waals surface area (Å²) in [7, 11) is 0. The van der Waals surface area contributed by atoms with Gasteiger partial charge in [-0.3, -0.25) is 4.79 Å². The van der Waals surface area contributed by atoms with Crippen LogP contribution in [0.5, 0.6) is 0 Å². The van der Waals surface area contributed by atoms with Gasteiger partial charge in [-0.25, -0.2) is 9.97 Å². The number of thiazole rings is 1. The number of H-pyrrole nitrogens is 1. The molecule has 7 heteroatoms. The van der Waals surface area contributed by atoms with Gasteiger partial charge in [0.25, 0.3) is 5.91 Å². The highest BCUT2D eigenvalue weighted by atomic mass is 32.1. The third kappa shape index (κ3) is 2.98. The van der Waals surface area contributed by atoms with Gasteiger partial charge in [0.2, 0.25) is 0 Å². The summed E-state index contributed by atoms with van der Waals surface area (Å²) in [4.78, 5) is 24.5. The van der Waals surface area contributed by atoms with E-state index in [2.05, 4.69) is 20.3 Å². The normalized spacial score (nSPS) is 13.5. The van der Waals surface area contributed by atoms with E-state index in [9.17, 15) is 9.90 Å². The summed E-state index contributed by atoms with van der Waals surface area (Å²) < 4.78 is 0. The molecule has 2 heterocycles. The van der Waals surface area contributed by atoms with Gasteiger partial charge in [0.05, 0.1) is 11.0 Å². The number of benzene rings is 2. The van der Waals surface area contributed by atoms with Crippen LogP contribution in [0.4, 0.5) is 5.69 Å². The van der Waals surface area contributed by atoms with E-state index in [1.165, 1.54) is 18.3 Å². The standard InChI is InChI=1S/C19H16N4O2S/c1-19(25,12-5-3-2-4-6-12)18(24)21-13-7-8-14-15(11-13)23-16(22-14)17-20-9-10-26-17/h2-11,25H,1H3,(H,21,24)(H,22,23)/t19-/m0/s1. The third-order valence-corrected chi connectivity index (χ3v) is 4.93. The van der Waals surface area contributed by atoms with Gasteiger partial charge in [-0.2, -0.15) is 0 Å². The average Bonchev–Trinajstić information content (AvgIpc) is 3.31. The van der Waals surface area contributed by atoms with E-state index in [1.54, 1.807) is 42.6 Å². The molecule has 0 aliphatic carbocycles. The average molecular weight is 364 g/mol. The molecule has 4 rings (SSSR count). The lowest BCUT2D eigenvalue weighted by molar-refractivity contribution is -0.133. The summed E-state index contributed by atoms with van der Waals surface area (Å²) in [6.07, 6.45) is 1.73.